The third-order valence-electron chi connectivity index (χ3n) is 6.31. The van der Waals surface area contributed by atoms with Crippen molar-refractivity contribution in [3.05, 3.63) is 69.4 Å². The van der Waals surface area contributed by atoms with E-state index in [4.69, 9.17) is 16.9 Å². The van der Waals surface area contributed by atoms with Gasteiger partial charge in [0.05, 0.1) is 10.9 Å². The summed E-state index contributed by atoms with van der Waals surface area (Å²) in [5, 5.41) is 9.99. The van der Waals surface area contributed by atoms with Gasteiger partial charge < -0.3 is 14.8 Å². The molecule has 2 heterocycles. The molecule has 1 fully saturated rings. The van der Waals surface area contributed by atoms with Crippen LogP contribution in [0.4, 0.5) is 4.39 Å². The molecule has 1 aliphatic heterocycles. The maximum atomic E-state index is 13.5. The van der Waals surface area contributed by atoms with Crippen LogP contribution in [0.15, 0.2) is 47.4 Å². The number of benzene rings is 2. The summed E-state index contributed by atoms with van der Waals surface area (Å²) in [7, 11) is 0. The van der Waals surface area contributed by atoms with E-state index in [1.165, 1.54) is 12.1 Å². The number of nitrogens with zero attached hydrogens (tertiary/aromatic N) is 1. The highest BCUT2D eigenvalue weighted by molar-refractivity contribution is 6.33. The normalized spacial score (nSPS) is 16.9. The van der Waals surface area contributed by atoms with Crippen LogP contribution >= 0.6 is 11.6 Å². The number of hydrogen-bond donors (Lipinski definition) is 2. The fraction of sp³-hybridized carbons (Fsp3) is 0.320. The molecule has 1 aliphatic rings. The number of fused-ring (bicyclic) bond motifs is 1. The van der Waals surface area contributed by atoms with Crippen LogP contribution in [0.3, 0.4) is 0 Å². The maximum absolute atomic E-state index is 13.5. The molecule has 0 saturated carbocycles. The van der Waals surface area contributed by atoms with Gasteiger partial charge in [-0.3, -0.25) is 9.59 Å². The van der Waals surface area contributed by atoms with Gasteiger partial charge >= 0.3 is 5.97 Å². The van der Waals surface area contributed by atoms with Gasteiger partial charge in [0, 0.05) is 41.7 Å². The average Bonchev–Trinajstić information content (AvgIpc) is 2.84. The van der Waals surface area contributed by atoms with Gasteiger partial charge in [-0.05, 0) is 54.5 Å². The van der Waals surface area contributed by atoms with Crippen LogP contribution in [0.1, 0.15) is 25.3 Å². The van der Waals surface area contributed by atoms with Crippen LogP contribution in [0, 0.1) is 17.7 Å². The third kappa shape index (κ3) is 4.83. The molecule has 178 valence electrons. The molecule has 34 heavy (non-hydrogen) atoms. The van der Waals surface area contributed by atoms with Crippen LogP contribution in [-0.4, -0.2) is 40.1 Å². The number of aromatic nitrogens is 1. The molecule has 3 aromatic rings. The number of carbonyl (C=O) groups is 2. The predicted octanol–water partition coefficient (Wildman–Crippen LogP) is 4.42. The fourth-order valence-electron chi connectivity index (χ4n) is 4.56. The van der Waals surface area contributed by atoms with Crippen LogP contribution < -0.4 is 5.56 Å². The molecule has 0 bridgehead atoms. The SMILES string of the molecule is C[C@@H](Cc1ccc2c(-c3ccc(F)cc3Cl)c[nH]c(=O)c2c1)C(=O)N1CCC[C@H](C(=O)OO)C1. The standard InChI is InChI=1S/C25H24ClFN2O5/c1-14(24(31)29-8-2-3-16(13-29)25(32)34-33)9-15-4-6-18-20(10-15)23(30)28-12-21(18)19-7-5-17(27)11-22(19)26/h4-7,10-12,14,16,33H,2-3,8-9,13H2,1H3,(H,28,30)/t14-,16-/m0/s1. The number of H-pyrrole nitrogens is 1. The van der Waals surface area contributed by atoms with Crippen molar-refractivity contribution < 1.29 is 24.1 Å². The van der Waals surface area contributed by atoms with Crippen molar-refractivity contribution in [2.24, 2.45) is 11.8 Å². The molecule has 0 radical (unpaired) electrons. The Morgan fingerprint density at radius 3 is 2.76 bits per heavy atom. The number of hydrogen-bond acceptors (Lipinski definition) is 5. The topological polar surface area (TPSA) is 99.7 Å². The number of aromatic amines is 1. The summed E-state index contributed by atoms with van der Waals surface area (Å²) in [6.45, 7) is 2.55. The van der Waals surface area contributed by atoms with E-state index in [1.807, 2.05) is 6.07 Å². The van der Waals surface area contributed by atoms with E-state index in [0.717, 1.165) is 5.56 Å². The number of likely N-dealkylation sites (tertiary alicyclic amines) is 1. The first-order valence-corrected chi connectivity index (χ1v) is 11.4. The zero-order chi connectivity index (χ0) is 24.4. The Morgan fingerprint density at radius 2 is 2.03 bits per heavy atom. The summed E-state index contributed by atoms with van der Waals surface area (Å²) in [4.78, 5) is 45.4. The first-order valence-electron chi connectivity index (χ1n) is 11.0. The molecule has 0 aliphatic carbocycles. The third-order valence-corrected chi connectivity index (χ3v) is 6.62. The molecule has 9 heteroatoms. The Bertz CT molecular complexity index is 1310. The Balaban J connectivity index is 1.57. The molecule has 7 nitrogen and oxygen atoms in total. The lowest BCUT2D eigenvalue weighted by atomic mass is 9.93. The second-order valence-electron chi connectivity index (χ2n) is 8.67. The molecule has 4 rings (SSSR count). The lowest BCUT2D eigenvalue weighted by Gasteiger charge is -2.32. The molecule has 2 atom stereocenters. The van der Waals surface area contributed by atoms with Gasteiger partial charge in [0.15, 0.2) is 0 Å². The van der Waals surface area contributed by atoms with Crippen LogP contribution in [0.2, 0.25) is 5.02 Å². The van der Waals surface area contributed by atoms with E-state index in [-0.39, 0.29) is 29.0 Å². The quantitative estimate of drug-likeness (QED) is 0.411. The Hall–Kier alpha value is -3.23. The average molecular weight is 487 g/mol. The molecular formula is C25H24ClFN2O5. The van der Waals surface area contributed by atoms with E-state index < -0.39 is 17.7 Å². The Morgan fingerprint density at radius 1 is 1.24 bits per heavy atom. The second kappa shape index (κ2) is 9.95. The van der Waals surface area contributed by atoms with E-state index in [2.05, 4.69) is 9.87 Å². The van der Waals surface area contributed by atoms with Gasteiger partial charge in [-0.2, -0.15) is 5.26 Å². The molecule has 1 saturated heterocycles. The summed E-state index contributed by atoms with van der Waals surface area (Å²) >= 11 is 6.24. The van der Waals surface area contributed by atoms with Crippen molar-refractivity contribution in [3.8, 4) is 11.1 Å². The zero-order valence-corrected chi connectivity index (χ0v) is 19.3. The first kappa shape index (κ1) is 23.9. The van der Waals surface area contributed by atoms with Crippen LogP contribution in [-0.2, 0) is 20.9 Å². The summed E-state index contributed by atoms with van der Waals surface area (Å²) in [6, 6.07) is 9.51. The van der Waals surface area contributed by atoms with Crippen molar-refractivity contribution in [1.29, 1.82) is 0 Å². The summed E-state index contributed by atoms with van der Waals surface area (Å²) in [6.07, 6.45) is 3.17. The monoisotopic (exact) mass is 486 g/mol. The summed E-state index contributed by atoms with van der Waals surface area (Å²) in [5.41, 5.74) is 1.80. The van der Waals surface area contributed by atoms with E-state index in [0.29, 0.717) is 47.7 Å². The minimum Gasteiger partial charge on any atom is -0.342 e. The Kier molecular flexibility index (Phi) is 7.00. The highest BCUT2D eigenvalue weighted by Crippen LogP contribution is 2.33. The molecule has 0 spiro atoms. The summed E-state index contributed by atoms with van der Waals surface area (Å²) in [5.74, 6) is -2.19. The van der Waals surface area contributed by atoms with E-state index >= 15 is 0 Å². The zero-order valence-electron chi connectivity index (χ0n) is 18.5. The number of rotatable bonds is 5. The highest BCUT2D eigenvalue weighted by Gasteiger charge is 2.31. The van der Waals surface area contributed by atoms with Crippen molar-refractivity contribution in [2.75, 3.05) is 13.1 Å². The van der Waals surface area contributed by atoms with Gasteiger partial charge in [-0.1, -0.05) is 30.7 Å². The van der Waals surface area contributed by atoms with Crippen molar-refractivity contribution in [2.45, 2.75) is 26.2 Å². The van der Waals surface area contributed by atoms with Crippen LogP contribution in [0.25, 0.3) is 21.9 Å². The van der Waals surface area contributed by atoms with Crippen LogP contribution in [0.5, 0.6) is 0 Å². The molecule has 1 aromatic heterocycles. The van der Waals surface area contributed by atoms with E-state index in [9.17, 15) is 18.8 Å². The maximum Gasteiger partial charge on any atom is 0.346 e. The number of halogens is 2. The lowest BCUT2D eigenvalue weighted by Crippen LogP contribution is -2.45. The highest BCUT2D eigenvalue weighted by atomic mass is 35.5. The number of nitrogens with one attached hydrogen (secondary N) is 1. The van der Waals surface area contributed by atoms with Crippen molar-refractivity contribution >= 4 is 34.2 Å². The molecule has 2 aromatic carbocycles. The minimum atomic E-state index is -0.726. The van der Waals surface area contributed by atoms with Crippen molar-refractivity contribution in [1.82, 2.24) is 9.88 Å². The molecule has 1 amide bonds. The molecule has 2 N–H and O–H groups in total. The lowest BCUT2D eigenvalue weighted by molar-refractivity contribution is -0.240. The fourth-order valence-corrected chi connectivity index (χ4v) is 4.83. The molecule has 0 unspecified atom stereocenters. The minimum absolute atomic E-state index is 0.101. The largest absolute Gasteiger partial charge is 0.346 e. The van der Waals surface area contributed by atoms with Gasteiger partial charge in [0.25, 0.3) is 5.56 Å². The van der Waals surface area contributed by atoms with Gasteiger partial charge in [-0.25, -0.2) is 9.18 Å². The smallest absolute Gasteiger partial charge is 0.342 e. The van der Waals surface area contributed by atoms with Gasteiger partial charge in [0.2, 0.25) is 5.91 Å². The molecular weight excluding hydrogens is 463 g/mol. The van der Waals surface area contributed by atoms with E-state index in [1.54, 1.807) is 36.2 Å². The number of amides is 1. The van der Waals surface area contributed by atoms with Crippen molar-refractivity contribution in [3.63, 3.8) is 0 Å². The second-order valence-corrected chi connectivity index (χ2v) is 9.08. The first-order chi connectivity index (χ1) is 16.3. The number of pyridine rings is 1. The summed E-state index contributed by atoms with van der Waals surface area (Å²) < 4.78 is 13.5. The predicted molar refractivity (Wildman–Crippen MR) is 126 cm³/mol. The number of carbonyl (C=O) groups excluding carboxylic acids is 2. The Labute approximate surface area is 200 Å². The number of piperidine rings is 1. The van der Waals surface area contributed by atoms with Gasteiger partial charge in [0.1, 0.15) is 5.82 Å². The van der Waals surface area contributed by atoms with Gasteiger partial charge in [-0.15, -0.1) is 0 Å².